The summed E-state index contributed by atoms with van der Waals surface area (Å²) in [5, 5.41) is 0. The van der Waals surface area contributed by atoms with E-state index in [2.05, 4.69) is 27.2 Å². The molecule has 104 valence electrons. The molecule has 0 aliphatic rings. The van der Waals surface area contributed by atoms with Crippen LogP contribution in [0.5, 0.6) is 0 Å². The Morgan fingerprint density at radius 3 is 2.89 bits per heavy atom. The maximum atomic E-state index is 13.4. The predicted octanol–water partition coefficient (Wildman–Crippen LogP) is 4.05. The molecule has 0 aliphatic heterocycles. The van der Waals surface area contributed by atoms with Gasteiger partial charge in [-0.25, -0.2) is 9.37 Å². The summed E-state index contributed by atoms with van der Waals surface area (Å²) in [6.45, 7) is 0.828. The van der Waals surface area contributed by atoms with E-state index in [0.717, 1.165) is 18.5 Å². The molecule has 3 nitrogen and oxygen atoms in total. The topological polar surface area (TPSA) is 43.8 Å². The van der Waals surface area contributed by atoms with E-state index in [1.807, 2.05) is 16.3 Å². The van der Waals surface area contributed by atoms with Gasteiger partial charge in [0, 0.05) is 12.6 Å². The van der Waals surface area contributed by atoms with Gasteiger partial charge in [0.05, 0.1) is 15.5 Å². The number of nitrogens with two attached hydrogens (primary N) is 1. The number of benzene rings is 1. The minimum absolute atomic E-state index is 0.308. The second-order valence-corrected chi connectivity index (χ2v) is 6.27. The summed E-state index contributed by atoms with van der Waals surface area (Å²) in [5.41, 5.74) is 7.40. The minimum Gasteiger partial charge on any atom is -0.369 e. The number of thioether (sulfide) groups is 1. The van der Waals surface area contributed by atoms with Crippen molar-refractivity contribution in [2.24, 2.45) is 0 Å². The molecule has 0 spiro atoms. The number of rotatable bonds is 6. The lowest BCUT2D eigenvalue weighted by Gasteiger charge is -2.06. The fourth-order valence-electron chi connectivity index (χ4n) is 2.07. The zero-order valence-corrected chi connectivity index (χ0v) is 13.2. The number of hydrogen-bond acceptors (Lipinski definition) is 3. The van der Waals surface area contributed by atoms with E-state index in [1.54, 1.807) is 6.07 Å². The molecule has 2 rings (SSSR count). The second-order valence-electron chi connectivity index (χ2n) is 4.43. The molecular formula is C13H17BrFN3S. The molecule has 2 N–H and O–H groups in total. The molecule has 0 bridgehead atoms. The van der Waals surface area contributed by atoms with Crippen molar-refractivity contribution in [2.75, 3.05) is 17.7 Å². The fraction of sp³-hybridized carbons (Fsp3) is 0.462. The van der Waals surface area contributed by atoms with Gasteiger partial charge >= 0.3 is 0 Å². The lowest BCUT2D eigenvalue weighted by Crippen LogP contribution is -2.03. The third kappa shape index (κ3) is 3.42. The highest BCUT2D eigenvalue weighted by atomic mass is 79.9. The highest BCUT2D eigenvalue weighted by Gasteiger charge is 2.11. The number of imidazole rings is 1. The molecule has 0 aliphatic carbocycles. The Labute approximate surface area is 124 Å². The molecular weight excluding hydrogens is 329 g/mol. The van der Waals surface area contributed by atoms with Crippen LogP contribution >= 0.6 is 27.7 Å². The molecule has 0 radical (unpaired) electrons. The van der Waals surface area contributed by atoms with Crippen LogP contribution in [0, 0.1) is 5.82 Å². The monoisotopic (exact) mass is 345 g/mol. The lowest BCUT2D eigenvalue weighted by atomic mass is 10.2. The maximum absolute atomic E-state index is 13.4. The number of unbranched alkanes of at least 4 members (excludes halogenated alkanes) is 2. The summed E-state index contributed by atoms with van der Waals surface area (Å²) in [5.74, 6) is 1.34. The Morgan fingerprint density at radius 1 is 1.37 bits per heavy atom. The molecule has 0 amide bonds. The van der Waals surface area contributed by atoms with Crippen LogP contribution in [0.3, 0.4) is 0 Å². The summed E-state index contributed by atoms with van der Waals surface area (Å²) in [6, 6.07) is 3.16. The van der Waals surface area contributed by atoms with Crippen LogP contribution in [-0.2, 0) is 6.54 Å². The molecule has 0 fully saturated rings. The van der Waals surface area contributed by atoms with Crippen LogP contribution in [-0.4, -0.2) is 21.6 Å². The van der Waals surface area contributed by atoms with Gasteiger partial charge in [0.1, 0.15) is 5.82 Å². The van der Waals surface area contributed by atoms with Gasteiger partial charge < -0.3 is 10.3 Å². The Balaban J connectivity index is 2.13. The van der Waals surface area contributed by atoms with Gasteiger partial charge in [-0.15, -0.1) is 0 Å². The van der Waals surface area contributed by atoms with E-state index >= 15 is 0 Å². The van der Waals surface area contributed by atoms with Crippen LogP contribution in [0.2, 0.25) is 0 Å². The SMILES string of the molecule is CSCCCCCn1c(N)nc2cc(F)c(Br)cc21. The number of aryl methyl sites for hydroxylation is 1. The number of nitrogens with zero attached hydrogens (tertiary/aromatic N) is 2. The maximum Gasteiger partial charge on any atom is 0.201 e. The van der Waals surface area contributed by atoms with Crippen molar-refractivity contribution < 1.29 is 4.39 Å². The van der Waals surface area contributed by atoms with Crippen molar-refractivity contribution in [3.05, 3.63) is 22.4 Å². The van der Waals surface area contributed by atoms with E-state index in [1.165, 1.54) is 24.7 Å². The second kappa shape index (κ2) is 6.61. The molecule has 0 atom stereocenters. The van der Waals surface area contributed by atoms with Gasteiger partial charge in [0.25, 0.3) is 0 Å². The molecule has 19 heavy (non-hydrogen) atoms. The van der Waals surface area contributed by atoms with E-state index < -0.39 is 0 Å². The number of halogens is 2. The molecule has 0 unspecified atom stereocenters. The average Bonchev–Trinajstić information content (AvgIpc) is 2.66. The number of fused-ring (bicyclic) bond motifs is 1. The van der Waals surface area contributed by atoms with Crippen LogP contribution in [0.1, 0.15) is 19.3 Å². The largest absolute Gasteiger partial charge is 0.369 e. The average molecular weight is 346 g/mol. The molecule has 2 aromatic rings. The summed E-state index contributed by atoms with van der Waals surface area (Å²) in [6.07, 6.45) is 5.56. The zero-order valence-electron chi connectivity index (χ0n) is 10.8. The molecule has 0 saturated carbocycles. The van der Waals surface area contributed by atoms with Crippen LogP contribution < -0.4 is 5.73 Å². The number of hydrogen-bond donors (Lipinski definition) is 1. The first-order valence-electron chi connectivity index (χ1n) is 6.23. The van der Waals surface area contributed by atoms with E-state index in [9.17, 15) is 4.39 Å². The first-order chi connectivity index (χ1) is 9.13. The van der Waals surface area contributed by atoms with Crippen molar-refractivity contribution >= 4 is 44.7 Å². The Hall–Kier alpha value is -0.750. The van der Waals surface area contributed by atoms with Gasteiger partial charge in [-0.1, -0.05) is 6.42 Å². The molecule has 1 aromatic heterocycles. The van der Waals surface area contributed by atoms with Crippen LogP contribution in [0.4, 0.5) is 10.3 Å². The van der Waals surface area contributed by atoms with E-state index in [-0.39, 0.29) is 5.82 Å². The predicted molar refractivity (Wildman–Crippen MR) is 84.0 cm³/mol. The first-order valence-corrected chi connectivity index (χ1v) is 8.42. The normalized spacial score (nSPS) is 11.3. The van der Waals surface area contributed by atoms with Gasteiger partial charge in [-0.2, -0.15) is 11.8 Å². The van der Waals surface area contributed by atoms with Gasteiger partial charge in [0.15, 0.2) is 0 Å². The van der Waals surface area contributed by atoms with Crippen molar-refractivity contribution in [1.29, 1.82) is 0 Å². The van der Waals surface area contributed by atoms with Gasteiger partial charge in [-0.3, -0.25) is 0 Å². The lowest BCUT2D eigenvalue weighted by molar-refractivity contribution is 0.617. The summed E-state index contributed by atoms with van der Waals surface area (Å²) >= 11 is 5.07. The minimum atomic E-state index is -0.308. The number of aromatic nitrogens is 2. The van der Waals surface area contributed by atoms with Crippen molar-refractivity contribution in [3.63, 3.8) is 0 Å². The Morgan fingerprint density at radius 2 is 2.16 bits per heavy atom. The molecule has 6 heteroatoms. The third-order valence-corrected chi connectivity index (χ3v) is 4.35. The number of anilines is 1. The number of nitrogen functional groups attached to an aromatic ring is 1. The Kier molecular flexibility index (Phi) is 5.10. The van der Waals surface area contributed by atoms with Gasteiger partial charge in [-0.05, 0) is 46.8 Å². The molecule has 0 saturated heterocycles. The Bertz CT molecular complexity index is 571. The first kappa shape index (κ1) is 14.7. The summed E-state index contributed by atoms with van der Waals surface area (Å²) < 4.78 is 15.8. The van der Waals surface area contributed by atoms with Crippen molar-refractivity contribution in [3.8, 4) is 0 Å². The molecule has 1 heterocycles. The summed E-state index contributed by atoms with van der Waals surface area (Å²) in [7, 11) is 0. The van der Waals surface area contributed by atoms with Crippen LogP contribution in [0.25, 0.3) is 11.0 Å². The van der Waals surface area contributed by atoms with Gasteiger partial charge in [0.2, 0.25) is 5.95 Å². The highest BCUT2D eigenvalue weighted by Crippen LogP contribution is 2.25. The standard InChI is InChI=1S/C13H17BrFN3S/c1-19-6-4-2-3-5-18-12-7-9(14)10(15)8-11(12)17-13(18)16/h7-8H,2-6H2,1H3,(H2,16,17). The van der Waals surface area contributed by atoms with Crippen molar-refractivity contribution in [2.45, 2.75) is 25.8 Å². The quantitative estimate of drug-likeness (QED) is 0.803. The van der Waals surface area contributed by atoms with E-state index in [0.29, 0.717) is 15.9 Å². The summed E-state index contributed by atoms with van der Waals surface area (Å²) in [4.78, 5) is 4.21. The van der Waals surface area contributed by atoms with E-state index in [4.69, 9.17) is 5.73 Å². The van der Waals surface area contributed by atoms with Crippen molar-refractivity contribution in [1.82, 2.24) is 9.55 Å². The smallest absolute Gasteiger partial charge is 0.201 e. The zero-order chi connectivity index (χ0) is 13.8. The fourth-order valence-corrected chi connectivity index (χ4v) is 2.89. The van der Waals surface area contributed by atoms with Crippen LogP contribution in [0.15, 0.2) is 16.6 Å². The highest BCUT2D eigenvalue weighted by molar-refractivity contribution is 9.10. The molecule has 1 aromatic carbocycles. The third-order valence-electron chi connectivity index (χ3n) is 3.05.